The monoisotopic (exact) mass is 211 g/mol. The van der Waals surface area contributed by atoms with Crippen molar-refractivity contribution in [3.05, 3.63) is 0 Å². The van der Waals surface area contributed by atoms with Gasteiger partial charge in [-0.2, -0.15) is 0 Å². The first-order valence-corrected chi connectivity index (χ1v) is 5.23. The van der Waals surface area contributed by atoms with Gasteiger partial charge in [-0.25, -0.2) is 0 Å². The fourth-order valence-electron chi connectivity index (χ4n) is 2.06. The molecule has 15 heavy (non-hydrogen) atoms. The molecular formula is C11H15O4-. The van der Waals surface area contributed by atoms with E-state index in [9.17, 15) is 19.5 Å². The average Bonchev–Trinajstić information content (AvgIpc) is 2.16. The molecule has 0 spiro atoms. The zero-order chi connectivity index (χ0) is 11.5. The van der Waals surface area contributed by atoms with Gasteiger partial charge in [0, 0.05) is 12.8 Å². The van der Waals surface area contributed by atoms with E-state index in [0.717, 1.165) is 12.8 Å². The van der Waals surface area contributed by atoms with Crippen molar-refractivity contribution < 1.29 is 19.5 Å². The first-order chi connectivity index (χ1) is 6.99. The summed E-state index contributed by atoms with van der Waals surface area (Å²) in [5.41, 5.74) is -1.38. The SMILES string of the molecule is CC(=O)CCC1(C(=O)[O-])CCCCC1=O. The van der Waals surface area contributed by atoms with E-state index >= 15 is 0 Å². The zero-order valence-corrected chi connectivity index (χ0v) is 8.88. The topological polar surface area (TPSA) is 74.3 Å². The minimum atomic E-state index is -1.38. The van der Waals surface area contributed by atoms with Gasteiger partial charge in [0.1, 0.15) is 11.6 Å². The first kappa shape index (κ1) is 11.9. The highest BCUT2D eigenvalue weighted by molar-refractivity contribution is 6.03. The summed E-state index contributed by atoms with van der Waals surface area (Å²) < 4.78 is 0. The highest BCUT2D eigenvalue weighted by atomic mass is 16.4. The van der Waals surface area contributed by atoms with Crippen LogP contribution in [0.15, 0.2) is 0 Å². The Morgan fingerprint density at radius 2 is 2.07 bits per heavy atom. The van der Waals surface area contributed by atoms with E-state index < -0.39 is 11.4 Å². The third kappa shape index (κ3) is 2.43. The second-order valence-electron chi connectivity index (χ2n) is 4.20. The van der Waals surface area contributed by atoms with E-state index in [1.165, 1.54) is 6.92 Å². The molecule has 1 rings (SSSR count). The minimum absolute atomic E-state index is 0.0889. The summed E-state index contributed by atoms with van der Waals surface area (Å²) in [7, 11) is 0. The maximum absolute atomic E-state index is 11.6. The molecule has 4 heteroatoms. The van der Waals surface area contributed by atoms with E-state index in [0.29, 0.717) is 12.8 Å². The van der Waals surface area contributed by atoms with Gasteiger partial charge in [0.05, 0.1) is 11.4 Å². The van der Waals surface area contributed by atoms with Gasteiger partial charge in [0.25, 0.3) is 0 Å². The fraction of sp³-hybridized carbons (Fsp3) is 0.727. The van der Waals surface area contributed by atoms with E-state index in [2.05, 4.69) is 0 Å². The molecule has 1 atom stereocenters. The van der Waals surface area contributed by atoms with E-state index in [-0.39, 0.29) is 24.4 Å². The molecule has 1 aliphatic carbocycles. The Balaban J connectivity index is 2.81. The Labute approximate surface area is 88.7 Å². The second-order valence-corrected chi connectivity index (χ2v) is 4.20. The second kappa shape index (κ2) is 4.55. The van der Waals surface area contributed by atoms with Crippen molar-refractivity contribution in [1.29, 1.82) is 0 Å². The van der Waals surface area contributed by atoms with Crippen LogP contribution >= 0.6 is 0 Å². The Morgan fingerprint density at radius 1 is 1.40 bits per heavy atom. The van der Waals surface area contributed by atoms with Crippen molar-refractivity contribution in [1.82, 2.24) is 0 Å². The van der Waals surface area contributed by atoms with Crippen LogP contribution in [0.25, 0.3) is 0 Å². The molecule has 0 aliphatic heterocycles. The van der Waals surface area contributed by atoms with Crippen LogP contribution in [-0.2, 0) is 14.4 Å². The van der Waals surface area contributed by atoms with Gasteiger partial charge in [-0.1, -0.05) is 6.42 Å². The number of carboxylic acid groups (broad SMARTS) is 1. The lowest BCUT2D eigenvalue weighted by atomic mass is 9.70. The summed E-state index contributed by atoms with van der Waals surface area (Å²) >= 11 is 0. The molecule has 0 aromatic heterocycles. The first-order valence-electron chi connectivity index (χ1n) is 5.23. The molecule has 0 bridgehead atoms. The molecule has 4 nitrogen and oxygen atoms in total. The normalized spacial score (nSPS) is 26.3. The molecule has 0 aromatic rings. The van der Waals surface area contributed by atoms with Crippen molar-refractivity contribution in [2.75, 3.05) is 0 Å². The average molecular weight is 211 g/mol. The number of Topliss-reactive ketones (excluding diaryl/α,β-unsaturated/α-hetero) is 2. The third-order valence-corrected chi connectivity index (χ3v) is 3.09. The van der Waals surface area contributed by atoms with E-state index in [4.69, 9.17) is 0 Å². The minimum Gasteiger partial charge on any atom is -0.549 e. The van der Waals surface area contributed by atoms with Gasteiger partial charge in [0.2, 0.25) is 0 Å². The molecule has 84 valence electrons. The Hall–Kier alpha value is -1.19. The van der Waals surface area contributed by atoms with Crippen molar-refractivity contribution in [3.63, 3.8) is 0 Å². The predicted molar refractivity (Wildman–Crippen MR) is 50.8 cm³/mol. The summed E-state index contributed by atoms with van der Waals surface area (Å²) in [6.45, 7) is 1.40. The summed E-state index contributed by atoms with van der Waals surface area (Å²) in [5, 5.41) is 11.1. The fourth-order valence-corrected chi connectivity index (χ4v) is 2.06. The number of carboxylic acids is 1. The number of hydrogen-bond donors (Lipinski definition) is 0. The standard InChI is InChI=1S/C11H16O4/c1-8(12)5-7-11(10(14)15)6-3-2-4-9(11)13/h2-7H2,1H3,(H,14,15)/p-1. The molecule has 0 aromatic carbocycles. The molecule has 1 unspecified atom stereocenters. The van der Waals surface area contributed by atoms with Gasteiger partial charge in [-0.15, -0.1) is 0 Å². The maximum atomic E-state index is 11.6. The number of hydrogen-bond acceptors (Lipinski definition) is 4. The number of aliphatic carboxylic acids is 1. The van der Waals surface area contributed by atoms with Crippen LogP contribution in [-0.4, -0.2) is 17.5 Å². The number of rotatable bonds is 4. The summed E-state index contributed by atoms with van der Waals surface area (Å²) in [6, 6.07) is 0. The molecule has 1 saturated carbocycles. The summed E-state index contributed by atoms with van der Waals surface area (Å²) in [4.78, 5) is 33.5. The highest BCUT2D eigenvalue weighted by Gasteiger charge is 2.40. The maximum Gasteiger partial charge on any atom is 0.144 e. The zero-order valence-electron chi connectivity index (χ0n) is 8.88. The molecule has 1 fully saturated rings. The van der Waals surface area contributed by atoms with Crippen LogP contribution in [0, 0.1) is 5.41 Å². The number of carbonyl (C=O) groups is 3. The summed E-state index contributed by atoms with van der Waals surface area (Å²) in [6.07, 6.45) is 2.32. The van der Waals surface area contributed by atoms with Crippen LogP contribution in [0.4, 0.5) is 0 Å². The largest absolute Gasteiger partial charge is 0.549 e. The van der Waals surface area contributed by atoms with Crippen LogP contribution < -0.4 is 5.11 Å². The lowest BCUT2D eigenvalue weighted by Crippen LogP contribution is -2.49. The van der Waals surface area contributed by atoms with Gasteiger partial charge in [0.15, 0.2) is 0 Å². The van der Waals surface area contributed by atoms with E-state index in [1.54, 1.807) is 0 Å². The molecule has 1 aliphatic rings. The van der Waals surface area contributed by atoms with Crippen LogP contribution in [0.1, 0.15) is 45.4 Å². The summed E-state index contributed by atoms with van der Waals surface area (Å²) in [5.74, 6) is -1.67. The smallest absolute Gasteiger partial charge is 0.144 e. The Morgan fingerprint density at radius 3 is 2.53 bits per heavy atom. The Bertz CT molecular complexity index is 295. The molecule has 0 heterocycles. The molecular weight excluding hydrogens is 196 g/mol. The third-order valence-electron chi connectivity index (χ3n) is 3.09. The number of ketones is 2. The van der Waals surface area contributed by atoms with Gasteiger partial charge in [-0.05, 0) is 26.2 Å². The van der Waals surface area contributed by atoms with Crippen molar-refractivity contribution in [2.24, 2.45) is 5.41 Å². The van der Waals surface area contributed by atoms with Gasteiger partial charge >= 0.3 is 0 Å². The van der Waals surface area contributed by atoms with Crippen LogP contribution in [0.5, 0.6) is 0 Å². The van der Waals surface area contributed by atoms with Crippen LogP contribution in [0.3, 0.4) is 0 Å². The quantitative estimate of drug-likeness (QED) is 0.624. The molecule has 0 saturated heterocycles. The predicted octanol–water partition coefficient (Wildman–Crippen LogP) is 0.235. The molecule has 0 radical (unpaired) electrons. The highest BCUT2D eigenvalue weighted by Crippen LogP contribution is 2.37. The van der Waals surface area contributed by atoms with Crippen molar-refractivity contribution in [3.8, 4) is 0 Å². The van der Waals surface area contributed by atoms with E-state index in [1.807, 2.05) is 0 Å². The Kier molecular flexibility index (Phi) is 3.61. The van der Waals surface area contributed by atoms with Crippen molar-refractivity contribution in [2.45, 2.75) is 45.4 Å². The number of carbonyl (C=O) groups excluding carboxylic acids is 3. The molecule has 0 amide bonds. The van der Waals surface area contributed by atoms with Gasteiger partial charge in [-0.3, -0.25) is 4.79 Å². The molecule has 0 N–H and O–H groups in total. The van der Waals surface area contributed by atoms with Crippen molar-refractivity contribution >= 4 is 17.5 Å². The van der Waals surface area contributed by atoms with Gasteiger partial charge < -0.3 is 14.7 Å². The lowest BCUT2D eigenvalue weighted by Gasteiger charge is -2.36. The van der Waals surface area contributed by atoms with Crippen LogP contribution in [0.2, 0.25) is 0 Å². The lowest BCUT2D eigenvalue weighted by molar-refractivity contribution is -0.318.